The molecule has 0 aliphatic carbocycles. The van der Waals surface area contributed by atoms with E-state index >= 15 is 0 Å². The lowest BCUT2D eigenvalue weighted by molar-refractivity contribution is 0.212. The molecule has 1 aromatic heterocycles. The zero-order valence-corrected chi connectivity index (χ0v) is 10.5. The summed E-state index contributed by atoms with van der Waals surface area (Å²) in [4.78, 5) is 9.11. The first kappa shape index (κ1) is 12.0. The van der Waals surface area contributed by atoms with E-state index in [9.17, 15) is 0 Å². The first-order valence-corrected chi connectivity index (χ1v) is 6.44. The molecular formula is C12H18BN3O2. The summed E-state index contributed by atoms with van der Waals surface area (Å²) in [5.41, 5.74) is 0.441. The molecule has 0 aromatic carbocycles. The normalized spacial score (nSPS) is 27.6. The number of piperazine rings is 1. The van der Waals surface area contributed by atoms with Crippen molar-refractivity contribution in [3.63, 3.8) is 0 Å². The van der Waals surface area contributed by atoms with E-state index in [1.807, 2.05) is 6.07 Å². The zero-order chi connectivity index (χ0) is 12.7. The van der Waals surface area contributed by atoms with Crippen molar-refractivity contribution in [3.8, 4) is 0 Å². The van der Waals surface area contributed by atoms with Gasteiger partial charge in [0.05, 0.1) is 0 Å². The van der Waals surface area contributed by atoms with Crippen molar-refractivity contribution in [2.24, 2.45) is 0 Å². The lowest BCUT2D eigenvalue weighted by atomic mass is 9.82. The van der Waals surface area contributed by atoms with Crippen molar-refractivity contribution in [1.82, 2.24) is 9.88 Å². The topological polar surface area (TPSA) is 59.8 Å². The molecule has 2 fully saturated rings. The summed E-state index contributed by atoms with van der Waals surface area (Å²) < 4.78 is 0. The van der Waals surface area contributed by atoms with E-state index in [2.05, 4.69) is 21.8 Å². The fourth-order valence-corrected chi connectivity index (χ4v) is 3.04. The molecule has 2 aliphatic rings. The average Bonchev–Trinajstić information content (AvgIpc) is 2.62. The minimum absolute atomic E-state index is 0.441. The van der Waals surface area contributed by atoms with Gasteiger partial charge in [0.15, 0.2) is 0 Å². The summed E-state index contributed by atoms with van der Waals surface area (Å²) in [6.45, 7) is 2.03. The number of likely N-dealkylation sites (N-methyl/N-ethyl adjacent to an activating group) is 1. The van der Waals surface area contributed by atoms with Crippen molar-refractivity contribution < 1.29 is 10.0 Å². The van der Waals surface area contributed by atoms with E-state index < -0.39 is 7.12 Å². The SMILES string of the molecule is CN1C2CCC1CN(c1ccc(B(O)O)cn1)C2. The van der Waals surface area contributed by atoms with Crippen molar-refractivity contribution in [1.29, 1.82) is 0 Å². The van der Waals surface area contributed by atoms with Crippen LogP contribution in [0.2, 0.25) is 0 Å². The van der Waals surface area contributed by atoms with Gasteiger partial charge in [0, 0.05) is 36.8 Å². The van der Waals surface area contributed by atoms with Crippen LogP contribution in [0.5, 0.6) is 0 Å². The third-order valence-electron chi connectivity index (χ3n) is 4.24. The van der Waals surface area contributed by atoms with Gasteiger partial charge in [0.1, 0.15) is 5.82 Å². The molecule has 18 heavy (non-hydrogen) atoms. The minimum atomic E-state index is -1.43. The van der Waals surface area contributed by atoms with Crippen molar-refractivity contribution in [2.75, 3.05) is 25.0 Å². The van der Waals surface area contributed by atoms with E-state index in [-0.39, 0.29) is 0 Å². The highest BCUT2D eigenvalue weighted by atomic mass is 16.4. The van der Waals surface area contributed by atoms with E-state index in [1.165, 1.54) is 12.8 Å². The first-order valence-electron chi connectivity index (χ1n) is 6.44. The van der Waals surface area contributed by atoms with E-state index in [0.717, 1.165) is 18.9 Å². The zero-order valence-electron chi connectivity index (χ0n) is 10.5. The van der Waals surface area contributed by atoms with Crippen LogP contribution in [-0.2, 0) is 0 Å². The second kappa shape index (κ2) is 4.53. The van der Waals surface area contributed by atoms with Crippen LogP contribution in [0.15, 0.2) is 18.3 Å². The van der Waals surface area contributed by atoms with Gasteiger partial charge in [-0.25, -0.2) is 4.98 Å². The van der Waals surface area contributed by atoms with Crippen molar-refractivity contribution in [2.45, 2.75) is 24.9 Å². The Bertz CT molecular complexity index is 412. The van der Waals surface area contributed by atoms with Gasteiger partial charge < -0.3 is 14.9 Å². The smallest absolute Gasteiger partial charge is 0.423 e. The Morgan fingerprint density at radius 1 is 1.22 bits per heavy atom. The van der Waals surface area contributed by atoms with Crippen LogP contribution in [0, 0.1) is 0 Å². The highest BCUT2D eigenvalue weighted by molar-refractivity contribution is 6.58. The van der Waals surface area contributed by atoms with Gasteiger partial charge >= 0.3 is 7.12 Å². The standard InChI is InChI=1S/C12H18BN3O2/c1-15-10-3-4-11(15)8-16(7-10)12-5-2-9(6-14-12)13(17)18/h2,5-6,10-11,17-18H,3-4,7-8H2,1H3. The third kappa shape index (κ3) is 2.00. The molecule has 2 aliphatic heterocycles. The number of rotatable bonds is 2. The molecule has 0 radical (unpaired) electrons. The maximum Gasteiger partial charge on any atom is 0.490 e. The third-order valence-corrected chi connectivity index (χ3v) is 4.24. The lowest BCUT2D eigenvalue weighted by Crippen LogP contribution is -2.52. The molecule has 96 valence electrons. The molecule has 2 atom stereocenters. The Hall–Kier alpha value is -1.11. The largest absolute Gasteiger partial charge is 0.490 e. The molecule has 1 aromatic rings. The molecule has 6 heteroatoms. The van der Waals surface area contributed by atoms with E-state index in [1.54, 1.807) is 12.3 Å². The van der Waals surface area contributed by atoms with Crippen LogP contribution < -0.4 is 10.4 Å². The number of anilines is 1. The molecule has 2 unspecified atom stereocenters. The lowest BCUT2D eigenvalue weighted by Gasteiger charge is -2.39. The van der Waals surface area contributed by atoms with Gasteiger partial charge in [-0.15, -0.1) is 0 Å². The summed E-state index contributed by atoms with van der Waals surface area (Å²) in [6, 6.07) is 4.87. The first-order chi connectivity index (χ1) is 8.65. The number of nitrogens with zero attached hydrogens (tertiary/aromatic N) is 3. The second-order valence-corrected chi connectivity index (χ2v) is 5.28. The molecule has 0 saturated carbocycles. The number of fused-ring (bicyclic) bond motifs is 2. The van der Waals surface area contributed by atoms with E-state index in [4.69, 9.17) is 10.0 Å². The monoisotopic (exact) mass is 247 g/mol. The summed E-state index contributed by atoms with van der Waals surface area (Å²) >= 11 is 0. The van der Waals surface area contributed by atoms with Crippen LogP contribution in [0.4, 0.5) is 5.82 Å². The van der Waals surface area contributed by atoms with Crippen LogP contribution in [-0.4, -0.2) is 59.3 Å². The Kier molecular flexibility index (Phi) is 3.01. The summed E-state index contributed by atoms with van der Waals surface area (Å²) in [7, 11) is 0.772. The summed E-state index contributed by atoms with van der Waals surface area (Å²) in [5, 5.41) is 18.1. The fraction of sp³-hybridized carbons (Fsp3) is 0.583. The molecule has 3 heterocycles. The molecule has 0 spiro atoms. The van der Waals surface area contributed by atoms with Crippen LogP contribution in [0.1, 0.15) is 12.8 Å². The highest BCUT2D eigenvalue weighted by Gasteiger charge is 2.37. The fourth-order valence-electron chi connectivity index (χ4n) is 3.04. The minimum Gasteiger partial charge on any atom is -0.423 e. The maximum atomic E-state index is 9.05. The van der Waals surface area contributed by atoms with E-state index in [0.29, 0.717) is 17.5 Å². The second-order valence-electron chi connectivity index (χ2n) is 5.28. The highest BCUT2D eigenvalue weighted by Crippen LogP contribution is 2.30. The predicted octanol–water partition coefficient (Wildman–Crippen LogP) is -0.956. The van der Waals surface area contributed by atoms with Crippen LogP contribution in [0.25, 0.3) is 0 Å². The Balaban J connectivity index is 1.76. The quantitative estimate of drug-likeness (QED) is 0.659. The van der Waals surface area contributed by atoms with Gasteiger partial charge in [-0.1, -0.05) is 6.07 Å². The number of aromatic nitrogens is 1. The van der Waals surface area contributed by atoms with Crippen molar-refractivity contribution >= 4 is 18.4 Å². The van der Waals surface area contributed by atoms with Gasteiger partial charge in [-0.3, -0.25) is 4.90 Å². The molecule has 0 amide bonds. The van der Waals surface area contributed by atoms with Gasteiger partial charge in [0.25, 0.3) is 0 Å². The van der Waals surface area contributed by atoms with Crippen molar-refractivity contribution in [3.05, 3.63) is 18.3 Å². The molecular weight excluding hydrogens is 229 g/mol. The molecule has 2 N–H and O–H groups in total. The summed E-state index contributed by atoms with van der Waals surface area (Å²) in [5.74, 6) is 0.935. The van der Waals surface area contributed by atoms with Crippen LogP contribution >= 0.6 is 0 Å². The Labute approximate surface area is 107 Å². The maximum absolute atomic E-state index is 9.05. The summed E-state index contributed by atoms with van der Waals surface area (Å²) in [6.07, 6.45) is 4.08. The van der Waals surface area contributed by atoms with Gasteiger partial charge in [-0.2, -0.15) is 0 Å². The number of hydrogen-bond acceptors (Lipinski definition) is 5. The molecule has 2 bridgehead atoms. The number of pyridine rings is 1. The number of hydrogen-bond donors (Lipinski definition) is 2. The van der Waals surface area contributed by atoms with Gasteiger partial charge in [-0.05, 0) is 26.0 Å². The Morgan fingerprint density at radius 3 is 2.39 bits per heavy atom. The molecule has 3 rings (SSSR count). The molecule has 2 saturated heterocycles. The Morgan fingerprint density at radius 2 is 1.89 bits per heavy atom. The predicted molar refractivity (Wildman–Crippen MR) is 70.8 cm³/mol. The average molecular weight is 247 g/mol. The molecule has 5 nitrogen and oxygen atoms in total. The van der Waals surface area contributed by atoms with Gasteiger partial charge in [0.2, 0.25) is 0 Å². The van der Waals surface area contributed by atoms with Crippen LogP contribution in [0.3, 0.4) is 0 Å².